The molecule has 6 heteroatoms. The van der Waals surface area contributed by atoms with Crippen molar-refractivity contribution in [1.29, 1.82) is 0 Å². The monoisotopic (exact) mass is 324 g/mol. The van der Waals surface area contributed by atoms with E-state index < -0.39 is 10.0 Å². The van der Waals surface area contributed by atoms with E-state index in [1.165, 1.54) is 12.1 Å². The molecular formula is C15H17ClN2O2S. The second kappa shape index (κ2) is 6.05. The quantitative estimate of drug-likeness (QED) is 0.904. The zero-order chi connectivity index (χ0) is 15.6. The van der Waals surface area contributed by atoms with Crippen LogP contribution < -0.4 is 10.5 Å². The van der Waals surface area contributed by atoms with Crippen molar-refractivity contribution in [3.05, 3.63) is 58.6 Å². The van der Waals surface area contributed by atoms with Gasteiger partial charge in [-0.15, -0.1) is 0 Å². The Balaban J connectivity index is 2.34. The molecule has 0 saturated carbocycles. The number of benzene rings is 2. The van der Waals surface area contributed by atoms with Crippen molar-refractivity contribution in [2.45, 2.75) is 24.8 Å². The largest absolute Gasteiger partial charge is 0.324 e. The van der Waals surface area contributed by atoms with E-state index in [0.29, 0.717) is 10.7 Å². The Kier molecular flexibility index (Phi) is 4.56. The second-order valence-corrected chi connectivity index (χ2v) is 6.98. The number of hydrogen-bond donors (Lipinski definition) is 2. The van der Waals surface area contributed by atoms with E-state index in [2.05, 4.69) is 4.72 Å². The Hall–Kier alpha value is -1.56. The molecule has 0 radical (unpaired) electrons. The maximum absolute atomic E-state index is 12.4. The lowest BCUT2D eigenvalue weighted by molar-refractivity contribution is 0.601. The third kappa shape index (κ3) is 3.56. The molecule has 2 rings (SSSR count). The molecule has 0 aromatic heterocycles. The molecule has 3 N–H and O–H groups in total. The molecule has 2 aromatic carbocycles. The Morgan fingerprint density at radius 3 is 2.29 bits per heavy atom. The number of rotatable bonds is 4. The third-order valence-corrected chi connectivity index (χ3v) is 4.86. The van der Waals surface area contributed by atoms with Crippen LogP contribution in [0.3, 0.4) is 0 Å². The van der Waals surface area contributed by atoms with E-state index in [1.807, 2.05) is 6.92 Å². The van der Waals surface area contributed by atoms with E-state index in [4.69, 9.17) is 17.3 Å². The highest BCUT2D eigenvalue weighted by Gasteiger charge is 2.17. The Bertz CT molecular complexity index is 721. The van der Waals surface area contributed by atoms with E-state index in [0.717, 1.165) is 11.1 Å². The van der Waals surface area contributed by atoms with Crippen LogP contribution >= 0.6 is 11.6 Å². The topological polar surface area (TPSA) is 72.2 Å². The van der Waals surface area contributed by atoms with Gasteiger partial charge in [-0.05, 0) is 43.2 Å². The maximum Gasteiger partial charge on any atom is 0.261 e. The highest BCUT2D eigenvalue weighted by Crippen LogP contribution is 2.28. The molecule has 0 spiro atoms. The first-order valence-electron chi connectivity index (χ1n) is 6.45. The predicted molar refractivity (Wildman–Crippen MR) is 86.0 cm³/mol. The summed E-state index contributed by atoms with van der Waals surface area (Å²) < 4.78 is 27.3. The number of nitrogens with one attached hydrogen (secondary N) is 1. The molecule has 112 valence electrons. The van der Waals surface area contributed by atoms with Gasteiger partial charge in [0.1, 0.15) is 0 Å². The van der Waals surface area contributed by atoms with Crippen LogP contribution in [0, 0.1) is 6.92 Å². The van der Waals surface area contributed by atoms with Crippen molar-refractivity contribution in [3.8, 4) is 0 Å². The smallest absolute Gasteiger partial charge is 0.261 e. The first-order valence-corrected chi connectivity index (χ1v) is 8.31. The van der Waals surface area contributed by atoms with Gasteiger partial charge in [0.25, 0.3) is 10.0 Å². The molecule has 2 aromatic rings. The Morgan fingerprint density at radius 2 is 1.76 bits per heavy atom. The van der Waals surface area contributed by atoms with Crippen molar-refractivity contribution in [1.82, 2.24) is 0 Å². The van der Waals surface area contributed by atoms with Crippen LogP contribution in [0.2, 0.25) is 5.02 Å². The van der Waals surface area contributed by atoms with Crippen LogP contribution in [0.15, 0.2) is 47.4 Å². The van der Waals surface area contributed by atoms with E-state index >= 15 is 0 Å². The highest BCUT2D eigenvalue weighted by molar-refractivity contribution is 7.92. The highest BCUT2D eigenvalue weighted by atomic mass is 35.5. The number of nitrogens with two attached hydrogens (primary N) is 1. The summed E-state index contributed by atoms with van der Waals surface area (Å²) in [6, 6.07) is 11.6. The van der Waals surface area contributed by atoms with Gasteiger partial charge < -0.3 is 5.73 Å². The molecule has 1 unspecified atom stereocenters. The molecule has 0 saturated heterocycles. The summed E-state index contributed by atoms with van der Waals surface area (Å²) in [5.41, 5.74) is 7.79. The summed E-state index contributed by atoms with van der Waals surface area (Å²) in [6.45, 7) is 3.64. The van der Waals surface area contributed by atoms with Crippen LogP contribution in [-0.2, 0) is 10.0 Å². The molecule has 0 fully saturated rings. The fraction of sp³-hybridized carbons (Fsp3) is 0.200. The first kappa shape index (κ1) is 15.8. The van der Waals surface area contributed by atoms with Gasteiger partial charge in [0.05, 0.1) is 15.6 Å². The third-order valence-electron chi connectivity index (χ3n) is 3.17. The van der Waals surface area contributed by atoms with Crippen LogP contribution in [-0.4, -0.2) is 8.42 Å². The Morgan fingerprint density at radius 1 is 1.14 bits per heavy atom. The number of aryl methyl sites for hydroxylation is 1. The van der Waals surface area contributed by atoms with Gasteiger partial charge in [-0.1, -0.05) is 35.9 Å². The standard InChI is InChI=1S/C15H17ClN2O2S/c1-10-4-3-5-14(16)15(10)18-21(19,20)13-8-6-12(7-9-13)11(2)17/h3-9,11,18H,17H2,1-2H3. The zero-order valence-electron chi connectivity index (χ0n) is 11.8. The molecule has 1 atom stereocenters. The number of anilines is 1. The number of halogens is 1. The molecular weight excluding hydrogens is 308 g/mol. The van der Waals surface area contributed by atoms with Gasteiger partial charge in [-0.25, -0.2) is 8.42 Å². The van der Waals surface area contributed by atoms with Gasteiger partial charge in [0, 0.05) is 6.04 Å². The normalized spacial score (nSPS) is 13.0. The molecule has 0 aliphatic carbocycles. The van der Waals surface area contributed by atoms with Crippen LogP contribution in [0.4, 0.5) is 5.69 Å². The van der Waals surface area contributed by atoms with Crippen molar-refractivity contribution < 1.29 is 8.42 Å². The predicted octanol–water partition coefficient (Wildman–Crippen LogP) is 3.47. The fourth-order valence-electron chi connectivity index (χ4n) is 1.91. The van der Waals surface area contributed by atoms with E-state index in [-0.39, 0.29) is 10.9 Å². The minimum atomic E-state index is -3.68. The maximum atomic E-state index is 12.4. The van der Waals surface area contributed by atoms with Gasteiger partial charge in [-0.2, -0.15) is 0 Å². The van der Waals surface area contributed by atoms with Crippen LogP contribution in [0.25, 0.3) is 0 Å². The molecule has 0 bridgehead atoms. The second-order valence-electron chi connectivity index (χ2n) is 4.89. The SMILES string of the molecule is Cc1cccc(Cl)c1NS(=O)(=O)c1ccc(C(C)N)cc1. The van der Waals surface area contributed by atoms with Crippen molar-refractivity contribution in [3.63, 3.8) is 0 Å². The number of hydrogen-bond acceptors (Lipinski definition) is 3. The summed E-state index contributed by atoms with van der Waals surface area (Å²) in [5, 5.41) is 0.366. The average molecular weight is 325 g/mol. The lowest BCUT2D eigenvalue weighted by Gasteiger charge is -2.13. The summed E-state index contributed by atoms with van der Waals surface area (Å²) >= 11 is 6.05. The summed E-state index contributed by atoms with van der Waals surface area (Å²) in [6.07, 6.45) is 0. The average Bonchev–Trinajstić information content (AvgIpc) is 2.43. The first-order chi connectivity index (χ1) is 9.81. The molecule has 0 heterocycles. The molecule has 0 aliphatic rings. The van der Waals surface area contributed by atoms with Crippen LogP contribution in [0.5, 0.6) is 0 Å². The summed E-state index contributed by atoms with van der Waals surface area (Å²) in [5.74, 6) is 0. The minimum Gasteiger partial charge on any atom is -0.324 e. The van der Waals surface area contributed by atoms with E-state index in [1.54, 1.807) is 37.3 Å². The van der Waals surface area contributed by atoms with Crippen molar-refractivity contribution >= 4 is 27.3 Å². The van der Waals surface area contributed by atoms with Crippen LogP contribution in [0.1, 0.15) is 24.1 Å². The molecule has 0 amide bonds. The van der Waals surface area contributed by atoms with Gasteiger partial charge in [0.2, 0.25) is 0 Å². The zero-order valence-corrected chi connectivity index (χ0v) is 13.4. The fourth-order valence-corrected chi connectivity index (χ4v) is 3.38. The lowest BCUT2D eigenvalue weighted by Crippen LogP contribution is -2.14. The van der Waals surface area contributed by atoms with Gasteiger partial charge in [0.15, 0.2) is 0 Å². The lowest BCUT2D eigenvalue weighted by atomic mass is 10.1. The van der Waals surface area contributed by atoms with Gasteiger partial charge in [-0.3, -0.25) is 4.72 Å². The Labute approximate surface area is 130 Å². The summed E-state index contributed by atoms with van der Waals surface area (Å²) in [4.78, 5) is 0.172. The number of sulfonamides is 1. The van der Waals surface area contributed by atoms with Gasteiger partial charge >= 0.3 is 0 Å². The molecule has 0 aliphatic heterocycles. The summed E-state index contributed by atoms with van der Waals surface area (Å²) in [7, 11) is -3.68. The number of para-hydroxylation sites is 1. The van der Waals surface area contributed by atoms with E-state index in [9.17, 15) is 8.42 Å². The molecule has 4 nitrogen and oxygen atoms in total. The minimum absolute atomic E-state index is 0.138. The molecule has 21 heavy (non-hydrogen) atoms. The van der Waals surface area contributed by atoms with Crippen molar-refractivity contribution in [2.75, 3.05) is 4.72 Å². The van der Waals surface area contributed by atoms with Crippen molar-refractivity contribution in [2.24, 2.45) is 5.73 Å².